The van der Waals surface area contributed by atoms with Crippen LogP contribution in [0.15, 0.2) is 0 Å². The number of ether oxygens (including phenoxy) is 1. The maximum Gasteiger partial charge on any atom is 0.0574 e. The molecule has 0 radical (unpaired) electrons. The monoisotopic (exact) mass is 213 g/mol. The van der Waals surface area contributed by atoms with E-state index in [4.69, 9.17) is 4.74 Å². The molecule has 2 heteroatoms. The van der Waals surface area contributed by atoms with Crippen LogP contribution in [0.1, 0.15) is 46.5 Å². The maximum absolute atomic E-state index is 5.50. The molecule has 1 aliphatic rings. The molecule has 3 atom stereocenters. The second-order valence-electron chi connectivity index (χ2n) is 5.11. The molecule has 0 aromatic carbocycles. The quantitative estimate of drug-likeness (QED) is 0.758. The van der Waals surface area contributed by atoms with Gasteiger partial charge in [0.15, 0.2) is 0 Å². The van der Waals surface area contributed by atoms with Crippen LogP contribution in [0.3, 0.4) is 0 Å². The van der Waals surface area contributed by atoms with Crippen LogP contribution >= 0.6 is 0 Å². The third kappa shape index (κ3) is 3.76. The van der Waals surface area contributed by atoms with Crippen molar-refractivity contribution in [3.8, 4) is 0 Å². The van der Waals surface area contributed by atoms with Crippen molar-refractivity contribution in [3.63, 3.8) is 0 Å². The van der Waals surface area contributed by atoms with Crippen LogP contribution in [0.25, 0.3) is 0 Å². The number of hydrogen-bond acceptors (Lipinski definition) is 2. The Morgan fingerprint density at radius 2 is 2.07 bits per heavy atom. The molecular formula is C13H27NO. The summed E-state index contributed by atoms with van der Waals surface area (Å²) in [6.07, 6.45) is 5.70. The number of nitrogens with one attached hydrogen (secondary N) is 1. The van der Waals surface area contributed by atoms with Gasteiger partial charge in [0.25, 0.3) is 0 Å². The Balaban J connectivity index is 2.50. The summed E-state index contributed by atoms with van der Waals surface area (Å²) in [5, 5.41) is 3.64. The summed E-state index contributed by atoms with van der Waals surface area (Å²) in [5.74, 6) is 1.54. The standard InChI is InChI=1S/C13H27NO/c1-5-14-13(10(2)3)11-7-6-8-12(9-11)15-4/h10-14H,5-9H2,1-4H3. The molecule has 0 aromatic rings. The van der Waals surface area contributed by atoms with E-state index in [1.54, 1.807) is 0 Å². The highest BCUT2D eigenvalue weighted by molar-refractivity contribution is 4.84. The lowest BCUT2D eigenvalue weighted by Gasteiger charge is -2.36. The van der Waals surface area contributed by atoms with E-state index in [1.165, 1.54) is 25.7 Å². The summed E-state index contributed by atoms with van der Waals surface area (Å²) in [4.78, 5) is 0. The zero-order chi connectivity index (χ0) is 11.3. The van der Waals surface area contributed by atoms with E-state index >= 15 is 0 Å². The maximum atomic E-state index is 5.50. The molecule has 1 rings (SSSR count). The Hall–Kier alpha value is -0.0800. The van der Waals surface area contributed by atoms with E-state index in [9.17, 15) is 0 Å². The molecule has 0 heterocycles. The SMILES string of the molecule is CCNC(C(C)C)C1CCCC(OC)C1. The molecule has 1 aliphatic carbocycles. The highest BCUT2D eigenvalue weighted by Crippen LogP contribution is 2.30. The van der Waals surface area contributed by atoms with Crippen LogP contribution in [0, 0.1) is 11.8 Å². The first kappa shape index (κ1) is 13.0. The molecule has 0 saturated heterocycles. The van der Waals surface area contributed by atoms with Crippen molar-refractivity contribution in [2.24, 2.45) is 11.8 Å². The minimum absolute atomic E-state index is 0.503. The molecule has 1 fully saturated rings. The largest absolute Gasteiger partial charge is 0.381 e. The van der Waals surface area contributed by atoms with Crippen LogP contribution in [0.5, 0.6) is 0 Å². The highest BCUT2D eigenvalue weighted by atomic mass is 16.5. The van der Waals surface area contributed by atoms with Gasteiger partial charge in [0, 0.05) is 13.2 Å². The lowest BCUT2D eigenvalue weighted by Crippen LogP contribution is -2.43. The Labute approximate surface area is 94.8 Å². The van der Waals surface area contributed by atoms with Crippen molar-refractivity contribution >= 4 is 0 Å². The number of rotatable bonds is 5. The van der Waals surface area contributed by atoms with Crippen LogP contribution in [0.2, 0.25) is 0 Å². The zero-order valence-corrected chi connectivity index (χ0v) is 10.8. The van der Waals surface area contributed by atoms with E-state index in [-0.39, 0.29) is 0 Å². The van der Waals surface area contributed by atoms with Crippen LogP contribution in [-0.4, -0.2) is 25.8 Å². The zero-order valence-electron chi connectivity index (χ0n) is 10.8. The predicted molar refractivity (Wildman–Crippen MR) is 65.1 cm³/mol. The Kier molecular flexibility index (Phi) is 5.62. The fraction of sp³-hybridized carbons (Fsp3) is 1.00. The molecular weight excluding hydrogens is 186 g/mol. The summed E-state index contributed by atoms with van der Waals surface area (Å²) in [7, 11) is 1.85. The normalized spacial score (nSPS) is 29.4. The summed E-state index contributed by atoms with van der Waals surface area (Å²) >= 11 is 0. The van der Waals surface area contributed by atoms with Gasteiger partial charge in [0.05, 0.1) is 6.10 Å². The molecule has 15 heavy (non-hydrogen) atoms. The molecule has 1 N–H and O–H groups in total. The minimum Gasteiger partial charge on any atom is -0.381 e. The van der Waals surface area contributed by atoms with Gasteiger partial charge in [-0.3, -0.25) is 0 Å². The molecule has 90 valence electrons. The Morgan fingerprint density at radius 1 is 1.33 bits per heavy atom. The van der Waals surface area contributed by atoms with Crippen molar-refractivity contribution in [3.05, 3.63) is 0 Å². The fourth-order valence-electron chi connectivity index (χ4n) is 2.90. The lowest BCUT2D eigenvalue weighted by molar-refractivity contribution is 0.0375. The molecule has 0 aromatic heterocycles. The van der Waals surface area contributed by atoms with Gasteiger partial charge >= 0.3 is 0 Å². The summed E-state index contributed by atoms with van der Waals surface area (Å²) < 4.78 is 5.50. The van der Waals surface area contributed by atoms with E-state index in [0.29, 0.717) is 12.1 Å². The van der Waals surface area contributed by atoms with Crippen LogP contribution in [0.4, 0.5) is 0 Å². The van der Waals surface area contributed by atoms with Crippen LogP contribution in [-0.2, 0) is 4.74 Å². The van der Waals surface area contributed by atoms with Gasteiger partial charge in [0.1, 0.15) is 0 Å². The third-order valence-electron chi connectivity index (χ3n) is 3.67. The predicted octanol–water partition coefficient (Wildman–Crippen LogP) is 2.83. The number of methoxy groups -OCH3 is 1. The Morgan fingerprint density at radius 3 is 2.60 bits per heavy atom. The van der Waals surface area contributed by atoms with E-state index in [0.717, 1.165) is 18.4 Å². The third-order valence-corrected chi connectivity index (χ3v) is 3.67. The van der Waals surface area contributed by atoms with Crippen molar-refractivity contribution < 1.29 is 4.74 Å². The second kappa shape index (κ2) is 6.49. The Bertz CT molecular complexity index is 170. The molecule has 2 nitrogen and oxygen atoms in total. The summed E-state index contributed by atoms with van der Waals surface area (Å²) in [5.41, 5.74) is 0. The first-order valence-electron chi connectivity index (χ1n) is 6.45. The summed E-state index contributed by atoms with van der Waals surface area (Å²) in [6, 6.07) is 0.674. The fourth-order valence-corrected chi connectivity index (χ4v) is 2.90. The lowest BCUT2D eigenvalue weighted by atomic mass is 9.78. The molecule has 1 saturated carbocycles. The van der Waals surface area contributed by atoms with Gasteiger partial charge in [0.2, 0.25) is 0 Å². The van der Waals surface area contributed by atoms with Gasteiger partial charge in [-0.25, -0.2) is 0 Å². The van der Waals surface area contributed by atoms with Gasteiger partial charge in [-0.2, -0.15) is 0 Å². The van der Waals surface area contributed by atoms with Gasteiger partial charge in [-0.1, -0.05) is 27.2 Å². The van der Waals surface area contributed by atoms with Gasteiger partial charge in [-0.15, -0.1) is 0 Å². The number of hydrogen-bond donors (Lipinski definition) is 1. The molecule has 0 bridgehead atoms. The van der Waals surface area contributed by atoms with E-state index < -0.39 is 0 Å². The summed E-state index contributed by atoms with van der Waals surface area (Å²) in [6.45, 7) is 7.93. The molecule has 0 aliphatic heterocycles. The van der Waals surface area contributed by atoms with Crippen molar-refractivity contribution in [1.29, 1.82) is 0 Å². The minimum atomic E-state index is 0.503. The molecule has 3 unspecified atom stereocenters. The van der Waals surface area contributed by atoms with E-state index in [2.05, 4.69) is 26.1 Å². The van der Waals surface area contributed by atoms with Crippen molar-refractivity contribution in [2.75, 3.05) is 13.7 Å². The van der Waals surface area contributed by atoms with E-state index in [1.807, 2.05) is 7.11 Å². The van der Waals surface area contributed by atoms with Gasteiger partial charge < -0.3 is 10.1 Å². The molecule has 0 amide bonds. The van der Waals surface area contributed by atoms with Gasteiger partial charge in [-0.05, 0) is 37.6 Å². The average molecular weight is 213 g/mol. The smallest absolute Gasteiger partial charge is 0.0574 e. The van der Waals surface area contributed by atoms with Crippen LogP contribution < -0.4 is 5.32 Å². The molecule has 0 spiro atoms. The van der Waals surface area contributed by atoms with Crippen molar-refractivity contribution in [2.45, 2.75) is 58.6 Å². The highest BCUT2D eigenvalue weighted by Gasteiger charge is 2.29. The average Bonchev–Trinajstić information content (AvgIpc) is 2.25. The second-order valence-corrected chi connectivity index (χ2v) is 5.11. The first-order valence-corrected chi connectivity index (χ1v) is 6.45. The first-order chi connectivity index (χ1) is 7.19. The topological polar surface area (TPSA) is 21.3 Å². The van der Waals surface area contributed by atoms with Crippen molar-refractivity contribution in [1.82, 2.24) is 5.32 Å².